The lowest BCUT2D eigenvalue weighted by Crippen LogP contribution is -2.00. The highest BCUT2D eigenvalue weighted by molar-refractivity contribution is 9.10. The average Bonchev–Trinajstić information content (AvgIpc) is 4.05. The molecule has 9 aromatic rings. The Morgan fingerprint density at radius 1 is 0.375 bits per heavy atom. The lowest BCUT2D eigenvalue weighted by Gasteiger charge is -2.15. The predicted octanol–water partition coefficient (Wildman–Crippen LogP) is 17.8. The van der Waals surface area contributed by atoms with Crippen LogP contribution < -0.4 is 0 Å². The molecule has 12 rings (SSSR count). The molecule has 0 aliphatic heterocycles. The van der Waals surface area contributed by atoms with Gasteiger partial charge in [-0.2, -0.15) is 0 Å². The van der Waals surface area contributed by atoms with Gasteiger partial charge in [-0.25, -0.2) is 0 Å². The summed E-state index contributed by atoms with van der Waals surface area (Å²) in [5, 5.41) is 4.37. The topological polar surface area (TPSA) is 47.4 Å². The molecule has 0 bridgehead atoms. The van der Waals surface area contributed by atoms with Crippen LogP contribution in [0.3, 0.4) is 0 Å². The van der Waals surface area contributed by atoms with Gasteiger partial charge in [0.15, 0.2) is 0 Å². The molecule has 6 heteroatoms. The molecule has 3 radical (unpaired) electrons. The largest absolute Gasteiger partial charge is 0.354 e. The van der Waals surface area contributed by atoms with E-state index in [-0.39, 0.29) is 15.8 Å². The van der Waals surface area contributed by atoms with Crippen LogP contribution in [0.25, 0.3) is 66.5 Å². The normalized spacial score (nSPS) is 12.5. The SMILES string of the molecule is Brc1cc2c3c(c(-c4ccccc4)[nH]c3c1)CCC2.Brc1ccc2[nH]c(-c3ccccc3)c3c2c1CCC3.C.CC.CC.CC.[B].c1ccc(-c2[nH]c3cccc4c3c2CCC4)cc1. The predicted molar refractivity (Wildman–Crippen MR) is 289 cm³/mol. The standard InChI is InChI=1S/2C17H14BrN.C17H15N.3C2H6.CH4.B/c18-13-9-12-7-4-8-14-16(12)15(10-13)19-17(14)11-5-2-1-3-6-11;18-14-9-10-15-16-12(14)7-4-8-13(16)17(19-15)11-5-2-1-3-6-11;1-2-6-13(7-3-1)17-14-10-4-8-12-9-5-11-15(18-17)16(12)14;3*1-2;;/h2*1-3,5-6,9-10,19H,4,7-8H2;1-3,5-7,9,11,18H,4,8,10H2;3*1-2H3;1H4;. The van der Waals surface area contributed by atoms with Crippen molar-refractivity contribution < 1.29 is 0 Å². The number of halogens is 2. The van der Waals surface area contributed by atoms with Crippen molar-refractivity contribution in [3.63, 3.8) is 0 Å². The van der Waals surface area contributed by atoms with Crippen LogP contribution in [0.15, 0.2) is 142 Å². The summed E-state index contributed by atoms with van der Waals surface area (Å²) in [6, 6.07) is 47.4. The van der Waals surface area contributed by atoms with Gasteiger partial charge in [-0.05, 0) is 138 Å². The molecule has 6 aromatic carbocycles. The van der Waals surface area contributed by atoms with E-state index in [0.29, 0.717) is 0 Å². The molecule has 0 spiro atoms. The third-order valence-corrected chi connectivity index (χ3v) is 13.2. The second-order valence-electron chi connectivity index (χ2n) is 15.4. The van der Waals surface area contributed by atoms with Crippen molar-refractivity contribution >= 4 is 73.0 Å². The van der Waals surface area contributed by atoms with Gasteiger partial charge in [0.1, 0.15) is 0 Å². The highest BCUT2D eigenvalue weighted by Gasteiger charge is 2.22. The van der Waals surface area contributed by atoms with Crippen LogP contribution in [-0.4, -0.2) is 23.4 Å². The Kier molecular flexibility index (Phi) is 18.6. The third-order valence-electron chi connectivity index (χ3n) is 12.0. The summed E-state index contributed by atoms with van der Waals surface area (Å²) in [7, 11) is 0. The molecular formula is C58H65BBr2N3. The van der Waals surface area contributed by atoms with Crippen molar-refractivity contribution in [2.75, 3.05) is 0 Å². The van der Waals surface area contributed by atoms with Crippen molar-refractivity contribution in [1.82, 2.24) is 15.0 Å². The lowest BCUT2D eigenvalue weighted by atomic mass is 9.90. The minimum Gasteiger partial charge on any atom is -0.354 e. The number of nitrogens with one attached hydrogen (secondary N) is 3. The first-order valence-corrected chi connectivity index (χ1v) is 24.6. The summed E-state index contributed by atoms with van der Waals surface area (Å²) in [6.07, 6.45) is 10.9. The van der Waals surface area contributed by atoms with Crippen molar-refractivity contribution in [1.29, 1.82) is 0 Å². The van der Waals surface area contributed by atoms with E-state index in [1.54, 1.807) is 0 Å². The van der Waals surface area contributed by atoms with Crippen LogP contribution in [0.5, 0.6) is 0 Å². The number of benzene rings is 6. The molecular weight excluding hydrogens is 909 g/mol. The van der Waals surface area contributed by atoms with Gasteiger partial charge in [-0.3, -0.25) is 0 Å². The summed E-state index contributed by atoms with van der Waals surface area (Å²) in [6.45, 7) is 12.0. The molecule has 3 aromatic heterocycles. The fraction of sp³-hybridized carbons (Fsp3) is 0.276. The van der Waals surface area contributed by atoms with E-state index in [9.17, 15) is 0 Å². The molecule has 3 N–H and O–H groups in total. The number of aromatic amines is 3. The molecule has 0 saturated carbocycles. The molecule has 0 unspecified atom stereocenters. The summed E-state index contributed by atoms with van der Waals surface area (Å²) in [5.41, 5.74) is 20.6. The van der Waals surface area contributed by atoms with Gasteiger partial charge in [0.05, 0.1) is 0 Å². The number of aryl methyl sites for hydroxylation is 6. The first kappa shape index (κ1) is 50.0. The van der Waals surface area contributed by atoms with E-state index >= 15 is 0 Å². The lowest BCUT2D eigenvalue weighted by molar-refractivity contribution is 0.808. The maximum absolute atomic E-state index is 3.70. The summed E-state index contributed by atoms with van der Waals surface area (Å²) < 4.78 is 2.42. The zero-order chi connectivity index (χ0) is 43.6. The van der Waals surface area contributed by atoms with Gasteiger partial charge in [0.2, 0.25) is 0 Å². The molecule has 0 atom stereocenters. The molecule has 3 aliphatic carbocycles. The van der Waals surface area contributed by atoms with Crippen LogP contribution >= 0.6 is 31.9 Å². The second kappa shape index (κ2) is 23.8. The Morgan fingerprint density at radius 3 is 1.30 bits per heavy atom. The molecule has 0 amide bonds. The fourth-order valence-corrected chi connectivity index (χ4v) is 10.6. The molecule has 3 aliphatic rings. The van der Waals surface area contributed by atoms with E-state index < -0.39 is 0 Å². The Morgan fingerprint density at radius 2 is 0.781 bits per heavy atom. The van der Waals surface area contributed by atoms with Crippen LogP contribution in [-0.2, 0) is 38.5 Å². The van der Waals surface area contributed by atoms with Crippen molar-refractivity contribution in [2.24, 2.45) is 0 Å². The first-order valence-electron chi connectivity index (χ1n) is 23.0. The fourth-order valence-electron chi connectivity index (χ4n) is 9.56. The van der Waals surface area contributed by atoms with Gasteiger partial charge >= 0.3 is 0 Å². The molecule has 0 saturated heterocycles. The smallest absolute Gasteiger partial charge is 0.0497 e. The van der Waals surface area contributed by atoms with Crippen LogP contribution in [0.4, 0.5) is 0 Å². The first-order chi connectivity index (χ1) is 30.6. The minimum absolute atomic E-state index is 0. The summed E-state index contributed by atoms with van der Waals surface area (Å²) >= 11 is 7.32. The molecule has 64 heavy (non-hydrogen) atoms. The van der Waals surface area contributed by atoms with Gasteiger partial charge in [-0.15, -0.1) is 0 Å². The molecule has 3 nitrogen and oxygen atoms in total. The molecule has 329 valence electrons. The van der Waals surface area contributed by atoms with Gasteiger partial charge < -0.3 is 15.0 Å². The minimum atomic E-state index is 0. The summed E-state index contributed by atoms with van der Waals surface area (Å²) in [5.74, 6) is 0. The van der Waals surface area contributed by atoms with E-state index in [1.165, 1.54) is 167 Å². The zero-order valence-corrected chi connectivity index (χ0v) is 41.1. The van der Waals surface area contributed by atoms with Gasteiger partial charge in [-0.1, -0.05) is 184 Å². The maximum Gasteiger partial charge on any atom is 0.0497 e. The van der Waals surface area contributed by atoms with E-state index in [4.69, 9.17) is 0 Å². The van der Waals surface area contributed by atoms with E-state index in [2.05, 4.69) is 180 Å². The number of rotatable bonds is 3. The van der Waals surface area contributed by atoms with Crippen LogP contribution in [0, 0.1) is 0 Å². The Bertz CT molecular complexity index is 2820. The quantitative estimate of drug-likeness (QED) is 0.148. The molecule has 0 fully saturated rings. The zero-order valence-electron chi connectivity index (χ0n) is 37.9. The van der Waals surface area contributed by atoms with Gasteiger partial charge in [0, 0.05) is 67.1 Å². The van der Waals surface area contributed by atoms with Gasteiger partial charge in [0.25, 0.3) is 0 Å². The number of hydrogen-bond donors (Lipinski definition) is 3. The van der Waals surface area contributed by atoms with Crippen molar-refractivity contribution in [3.8, 4) is 33.8 Å². The maximum atomic E-state index is 3.70. The van der Waals surface area contributed by atoms with E-state index in [0.717, 1.165) is 0 Å². The number of aromatic nitrogens is 3. The summed E-state index contributed by atoms with van der Waals surface area (Å²) in [4.78, 5) is 10.9. The van der Waals surface area contributed by atoms with E-state index in [1.807, 2.05) is 41.5 Å². The number of hydrogen-bond acceptors (Lipinski definition) is 0. The third kappa shape index (κ3) is 10.2. The number of H-pyrrole nitrogens is 3. The highest BCUT2D eigenvalue weighted by Crippen LogP contribution is 2.41. The van der Waals surface area contributed by atoms with Crippen molar-refractivity contribution in [2.45, 2.75) is 107 Å². The Hall–Kier alpha value is -5.04. The van der Waals surface area contributed by atoms with Crippen molar-refractivity contribution in [3.05, 3.63) is 176 Å². The average molecular weight is 975 g/mol. The van der Waals surface area contributed by atoms with Crippen LogP contribution in [0.1, 0.15) is 102 Å². The Labute approximate surface area is 401 Å². The Balaban J connectivity index is 0.000000168. The monoisotopic (exact) mass is 972 g/mol. The van der Waals surface area contributed by atoms with Crippen LogP contribution in [0.2, 0.25) is 0 Å². The second-order valence-corrected chi connectivity index (χ2v) is 17.1. The highest BCUT2D eigenvalue weighted by atomic mass is 79.9. The molecule has 3 heterocycles.